The van der Waals surface area contributed by atoms with Crippen LogP contribution in [0, 0.1) is 12.8 Å². The highest BCUT2D eigenvalue weighted by Crippen LogP contribution is 2.37. The lowest BCUT2D eigenvalue weighted by Crippen LogP contribution is -2.09. The fourth-order valence-corrected chi connectivity index (χ4v) is 2.06. The minimum Gasteiger partial charge on any atom is -0.458 e. The summed E-state index contributed by atoms with van der Waals surface area (Å²) in [5.74, 6) is 1.69. The van der Waals surface area contributed by atoms with Gasteiger partial charge in [0.05, 0.1) is 6.04 Å². The van der Waals surface area contributed by atoms with Gasteiger partial charge in [-0.2, -0.15) is 0 Å². The van der Waals surface area contributed by atoms with Gasteiger partial charge in [-0.15, -0.1) is 0 Å². The summed E-state index contributed by atoms with van der Waals surface area (Å²) < 4.78 is 5.73. The van der Waals surface area contributed by atoms with Crippen molar-refractivity contribution in [1.82, 2.24) is 4.98 Å². The maximum Gasteiger partial charge on any atom is 0.152 e. The SMILES string of the molecule is Cc1ccc2oc([C@@H](N)CC3CC3)cc2n1. The summed E-state index contributed by atoms with van der Waals surface area (Å²) in [7, 11) is 0. The van der Waals surface area contributed by atoms with Crippen molar-refractivity contribution in [3.05, 3.63) is 29.7 Å². The Morgan fingerprint density at radius 1 is 1.50 bits per heavy atom. The van der Waals surface area contributed by atoms with Crippen LogP contribution in [0.3, 0.4) is 0 Å². The van der Waals surface area contributed by atoms with E-state index in [4.69, 9.17) is 10.2 Å². The van der Waals surface area contributed by atoms with E-state index in [1.54, 1.807) is 0 Å². The van der Waals surface area contributed by atoms with Crippen molar-refractivity contribution >= 4 is 11.1 Å². The zero-order valence-electron chi connectivity index (χ0n) is 9.44. The standard InChI is InChI=1S/C13H16N2O/c1-8-2-5-12-11(15-8)7-13(16-12)10(14)6-9-3-4-9/h2,5,7,9-10H,3-4,6,14H2,1H3/t10-/m0/s1. The average Bonchev–Trinajstić information content (AvgIpc) is 2.95. The van der Waals surface area contributed by atoms with Gasteiger partial charge in [-0.3, -0.25) is 0 Å². The van der Waals surface area contributed by atoms with Gasteiger partial charge in [0.25, 0.3) is 0 Å². The Morgan fingerprint density at radius 2 is 2.31 bits per heavy atom. The first-order valence-electron chi connectivity index (χ1n) is 5.85. The average molecular weight is 216 g/mol. The highest BCUT2D eigenvalue weighted by Gasteiger charge is 2.26. The van der Waals surface area contributed by atoms with E-state index in [9.17, 15) is 0 Å². The predicted octanol–water partition coefficient (Wildman–Crippen LogP) is 2.94. The molecule has 0 bridgehead atoms. The molecule has 0 radical (unpaired) electrons. The van der Waals surface area contributed by atoms with Gasteiger partial charge in [-0.05, 0) is 31.4 Å². The molecule has 2 N–H and O–H groups in total. The first-order chi connectivity index (χ1) is 7.72. The monoisotopic (exact) mass is 216 g/mol. The van der Waals surface area contributed by atoms with Gasteiger partial charge in [0, 0.05) is 11.8 Å². The highest BCUT2D eigenvalue weighted by atomic mass is 16.3. The van der Waals surface area contributed by atoms with Gasteiger partial charge in [0.2, 0.25) is 0 Å². The highest BCUT2D eigenvalue weighted by molar-refractivity contribution is 5.73. The number of hydrogen-bond donors (Lipinski definition) is 1. The van der Waals surface area contributed by atoms with Crippen molar-refractivity contribution in [2.45, 2.75) is 32.2 Å². The molecule has 2 aromatic rings. The number of aromatic nitrogens is 1. The van der Waals surface area contributed by atoms with E-state index >= 15 is 0 Å². The second-order valence-corrected chi connectivity index (χ2v) is 4.77. The van der Waals surface area contributed by atoms with Crippen LogP contribution in [0.2, 0.25) is 0 Å². The zero-order chi connectivity index (χ0) is 11.1. The molecule has 2 heterocycles. The maximum atomic E-state index is 6.12. The molecular weight excluding hydrogens is 200 g/mol. The van der Waals surface area contributed by atoms with Gasteiger partial charge in [0.1, 0.15) is 11.3 Å². The molecule has 1 fully saturated rings. The number of nitrogens with two attached hydrogens (primary N) is 1. The van der Waals surface area contributed by atoms with Gasteiger partial charge in [-0.25, -0.2) is 4.98 Å². The Bertz CT molecular complexity index is 514. The molecule has 1 saturated carbocycles. The number of rotatable bonds is 3. The molecule has 1 atom stereocenters. The molecule has 0 amide bonds. The number of nitrogens with zero attached hydrogens (tertiary/aromatic N) is 1. The third kappa shape index (κ3) is 1.83. The summed E-state index contributed by atoms with van der Waals surface area (Å²) >= 11 is 0. The molecule has 1 aliphatic carbocycles. The van der Waals surface area contributed by atoms with Gasteiger partial charge in [-0.1, -0.05) is 12.8 Å². The number of hydrogen-bond acceptors (Lipinski definition) is 3. The van der Waals surface area contributed by atoms with E-state index in [0.29, 0.717) is 0 Å². The molecule has 0 saturated heterocycles. The summed E-state index contributed by atoms with van der Waals surface area (Å²) in [5.41, 5.74) is 8.88. The Morgan fingerprint density at radius 3 is 3.06 bits per heavy atom. The number of pyridine rings is 1. The second-order valence-electron chi connectivity index (χ2n) is 4.77. The van der Waals surface area contributed by atoms with Crippen LogP contribution in [-0.4, -0.2) is 4.98 Å². The third-order valence-corrected chi connectivity index (χ3v) is 3.18. The summed E-state index contributed by atoms with van der Waals surface area (Å²) in [6.07, 6.45) is 3.69. The van der Waals surface area contributed by atoms with E-state index in [1.165, 1.54) is 12.8 Å². The third-order valence-electron chi connectivity index (χ3n) is 3.18. The molecule has 0 aromatic carbocycles. The minimum atomic E-state index is 0.0296. The fraction of sp³-hybridized carbons (Fsp3) is 0.462. The number of aryl methyl sites for hydroxylation is 1. The molecule has 0 aliphatic heterocycles. The molecule has 3 nitrogen and oxygen atoms in total. The Hall–Kier alpha value is -1.35. The van der Waals surface area contributed by atoms with E-state index in [0.717, 1.165) is 34.9 Å². The minimum absolute atomic E-state index is 0.0296. The van der Waals surface area contributed by atoms with Crippen LogP contribution in [-0.2, 0) is 0 Å². The van der Waals surface area contributed by atoms with Crippen molar-refractivity contribution in [2.24, 2.45) is 11.7 Å². The van der Waals surface area contributed by atoms with Crippen LogP contribution in [0.1, 0.15) is 36.8 Å². The van der Waals surface area contributed by atoms with Crippen molar-refractivity contribution in [1.29, 1.82) is 0 Å². The van der Waals surface area contributed by atoms with Crippen molar-refractivity contribution in [3.63, 3.8) is 0 Å². The van der Waals surface area contributed by atoms with Crippen molar-refractivity contribution < 1.29 is 4.42 Å². The molecule has 0 unspecified atom stereocenters. The Labute approximate surface area is 94.7 Å². The van der Waals surface area contributed by atoms with Gasteiger partial charge >= 0.3 is 0 Å². The summed E-state index contributed by atoms with van der Waals surface area (Å²) in [6, 6.07) is 5.93. The topological polar surface area (TPSA) is 52.0 Å². The van der Waals surface area contributed by atoms with E-state index in [2.05, 4.69) is 4.98 Å². The van der Waals surface area contributed by atoms with E-state index in [-0.39, 0.29) is 6.04 Å². The van der Waals surface area contributed by atoms with Crippen LogP contribution >= 0.6 is 0 Å². The van der Waals surface area contributed by atoms with Crippen LogP contribution in [0.5, 0.6) is 0 Å². The lowest BCUT2D eigenvalue weighted by molar-refractivity contribution is 0.463. The van der Waals surface area contributed by atoms with Crippen molar-refractivity contribution in [2.75, 3.05) is 0 Å². The molecule has 3 rings (SSSR count). The Balaban J connectivity index is 1.91. The maximum absolute atomic E-state index is 6.12. The zero-order valence-corrected chi connectivity index (χ0v) is 9.44. The number of fused-ring (bicyclic) bond motifs is 1. The van der Waals surface area contributed by atoms with Gasteiger partial charge < -0.3 is 10.2 Å². The van der Waals surface area contributed by atoms with Gasteiger partial charge in [0.15, 0.2) is 5.58 Å². The predicted molar refractivity (Wildman–Crippen MR) is 63.0 cm³/mol. The first kappa shape index (κ1) is 9.85. The normalized spacial score (nSPS) is 17.9. The lowest BCUT2D eigenvalue weighted by atomic mass is 10.1. The quantitative estimate of drug-likeness (QED) is 0.858. The lowest BCUT2D eigenvalue weighted by Gasteiger charge is -2.05. The molecule has 1 aliphatic rings. The van der Waals surface area contributed by atoms with Crippen molar-refractivity contribution in [3.8, 4) is 0 Å². The van der Waals surface area contributed by atoms with E-state index < -0.39 is 0 Å². The summed E-state index contributed by atoms with van der Waals surface area (Å²) in [5, 5.41) is 0. The molecular formula is C13H16N2O. The fourth-order valence-electron chi connectivity index (χ4n) is 2.06. The molecule has 2 aromatic heterocycles. The Kier molecular flexibility index (Phi) is 2.21. The first-order valence-corrected chi connectivity index (χ1v) is 5.85. The smallest absolute Gasteiger partial charge is 0.152 e. The number of furan rings is 1. The van der Waals surface area contributed by atoms with Crippen LogP contribution in [0.25, 0.3) is 11.1 Å². The largest absolute Gasteiger partial charge is 0.458 e. The summed E-state index contributed by atoms with van der Waals surface area (Å²) in [6.45, 7) is 1.98. The molecule has 0 spiro atoms. The summed E-state index contributed by atoms with van der Waals surface area (Å²) in [4.78, 5) is 4.42. The molecule has 16 heavy (non-hydrogen) atoms. The van der Waals surface area contributed by atoms with Crippen LogP contribution in [0.15, 0.2) is 22.6 Å². The second kappa shape index (κ2) is 3.59. The van der Waals surface area contributed by atoms with Crippen LogP contribution < -0.4 is 5.73 Å². The van der Waals surface area contributed by atoms with E-state index in [1.807, 2.05) is 25.1 Å². The van der Waals surface area contributed by atoms with Crippen LogP contribution in [0.4, 0.5) is 0 Å². The molecule has 3 heteroatoms. The molecule has 84 valence electrons.